The Kier molecular flexibility index (Phi) is 88.7. The summed E-state index contributed by atoms with van der Waals surface area (Å²) in [7, 11) is -0.651. The Hall–Kier alpha value is -0.0551. The SMILES string of the molecule is CCCCCCCCCCC(CCCCCCCC)C(CCCCCCCC)(CCCCCCCC)OB(OC(CCCCCCCC)(CCCCCCCC)C(CCCCCCCC)CCCCCCCCCC)OC(CCCCCCCC)(CCCCCCCC)C(CCCCCCCC)CCCCCCCCCC. The van der Waals surface area contributed by atoms with Crippen molar-refractivity contribution in [1.29, 1.82) is 0 Å². The fraction of sp³-hybridized carbons (Fsp3) is 1.00. The van der Waals surface area contributed by atoms with Crippen molar-refractivity contribution in [2.45, 2.75) is 678 Å². The number of hydrogen-bond acceptors (Lipinski definition) is 3. The molecule has 0 spiro atoms. The van der Waals surface area contributed by atoms with Crippen LogP contribution >= 0.6 is 0 Å². The summed E-state index contributed by atoms with van der Waals surface area (Å²) in [6.07, 6.45) is 122. The van der Waals surface area contributed by atoms with Crippen molar-refractivity contribution in [3.63, 3.8) is 0 Å². The lowest BCUT2D eigenvalue weighted by Gasteiger charge is -2.50. The molecule has 0 fully saturated rings. The van der Waals surface area contributed by atoms with Gasteiger partial charge in [-0.2, -0.15) is 0 Å². The molecule has 0 bridgehead atoms. The quantitative estimate of drug-likeness (QED) is 0.0449. The zero-order valence-corrected chi connectivity index (χ0v) is 80.7. The summed E-state index contributed by atoms with van der Waals surface area (Å²) >= 11 is 0. The van der Waals surface area contributed by atoms with E-state index in [9.17, 15) is 14.0 Å². The molecule has 0 aromatic carbocycles. The molecule has 112 heavy (non-hydrogen) atoms. The summed E-state index contributed by atoms with van der Waals surface area (Å²) in [5.74, 6) is 1.56. The van der Waals surface area contributed by atoms with Gasteiger partial charge in [0.25, 0.3) is 0 Å². The standard InChI is InChI=1S/C108H219BO3/c1-13-25-37-49-61-64-70-82-94-103(91-79-67-52-40-28-16-4)106(97-85-73-55-43-31-19-7,98-86-74-56-44-32-20-8)110-109(111-107(99-87-75-57-45-33-21-9,100-88-76-58-46-34-22-10)104(92-80-68-53-41-29-17-5)95-83-71-65-62-50-38-26-14-2)112-108(101-89-77-59-47-35-23-11,102-90-78-60-48-36-24-12)105(93-81-69-54-42-30-18-6)96-84-72-66-63-51-39-27-15-3/h103-105H,13-102H2,1-12H3. The predicted molar refractivity (Wildman–Crippen MR) is 511 cm³/mol. The van der Waals surface area contributed by atoms with Crippen molar-refractivity contribution in [3.8, 4) is 0 Å². The maximum Gasteiger partial charge on any atom is 0.640 e. The van der Waals surface area contributed by atoms with Gasteiger partial charge in [-0.1, -0.05) is 584 Å². The molecule has 3 nitrogen and oxygen atoms in total. The van der Waals surface area contributed by atoms with Gasteiger partial charge in [-0.05, 0) is 94.8 Å². The first-order valence-corrected chi connectivity index (χ1v) is 54.2. The van der Waals surface area contributed by atoms with Gasteiger partial charge in [-0.3, -0.25) is 0 Å². The topological polar surface area (TPSA) is 27.7 Å². The van der Waals surface area contributed by atoms with Crippen LogP contribution in [0, 0.1) is 17.8 Å². The minimum atomic E-state index is -0.651. The first kappa shape index (κ1) is 112. The molecular weight excluding hydrogens is 1360 g/mol. The third-order valence-corrected chi connectivity index (χ3v) is 27.9. The van der Waals surface area contributed by atoms with E-state index >= 15 is 0 Å². The van der Waals surface area contributed by atoms with Crippen LogP contribution in [0.4, 0.5) is 0 Å². The van der Waals surface area contributed by atoms with Gasteiger partial charge in [0.15, 0.2) is 0 Å². The zero-order valence-electron chi connectivity index (χ0n) is 80.7. The third-order valence-electron chi connectivity index (χ3n) is 27.9. The van der Waals surface area contributed by atoms with Crippen LogP contribution in [0.2, 0.25) is 0 Å². The van der Waals surface area contributed by atoms with Gasteiger partial charge in [-0.25, -0.2) is 0 Å². The molecule has 672 valence electrons. The summed E-state index contributed by atoms with van der Waals surface area (Å²) < 4.78 is 27.9. The molecule has 0 saturated heterocycles. The molecular formula is C108H219BO3. The van der Waals surface area contributed by atoms with E-state index in [2.05, 4.69) is 83.1 Å². The van der Waals surface area contributed by atoms with E-state index < -0.39 is 7.32 Å². The number of rotatable bonds is 99. The largest absolute Gasteiger partial charge is 0.640 e. The summed E-state index contributed by atoms with van der Waals surface area (Å²) in [5, 5.41) is 0. The van der Waals surface area contributed by atoms with Crippen LogP contribution in [0.3, 0.4) is 0 Å². The number of unbranched alkanes of at least 4 members (excludes halogenated alkanes) is 66. The van der Waals surface area contributed by atoms with Crippen LogP contribution < -0.4 is 0 Å². The van der Waals surface area contributed by atoms with E-state index in [1.165, 1.54) is 578 Å². The summed E-state index contributed by atoms with van der Waals surface area (Å²) in [6, 6.07) is 0. The van der Waals surface area contributed by atoms with E-state index in [-0.39, 0.29) is 16.8 Å². The smallest absolute Gasteiger partial charge is 0.380 e. The molecule has 0 rings (SSSR count). The Morgan fingerprint density at radius 2 is 0.232 bits per heavy atom. The van der Waals surface area contributed by atoms with Gasteiger partial charge in [-0.15, -0.1) is 0 Å². The average molecular weight is 1580 g/mol. The minimum Gasteiger partial charge on any atom is -0.380 e. The maximum atomic E-state index is 9.30. The van der Waals surface area contributed by atoms with Crippen molar-refractivity contribution in [1.82, 2.24) is 0 Å². The van der Waals surface area contributed by atoms with Crippen LogP contribution in [0.15, 0.2) is 0 Å². The predicted octanol–water partition coefficient (Wildman–Crippen LogP) is 40.4. The molecule has 3 atom stereocenters. The Labute approximate surface area is 712 Å². The second kappa shape index (κ2) is 88.7. The molecule has 0 N–H and O–H groups in total. The molecule has 0 aromatic heterocycles. The first-order chi connectivity index (χ1) is 55.2. The normalized spacial score (nSPS) is 13.2. The molecule has 0 aliphatic heterocycles. The van der Waals surface area contributed by atoms with Gasteiger partial charge >= 0.3 is 7.32 Å². The lowest BCUT2D eigenvalue weighted by Crippen LogP contribution is -2.57. The molecule has 3 unspecified atom stereocenters. The molecule has 0 amide bonds. The fourth-order valence-corrected chi connectivity index (χ4v) is 20.2. The third kappa shape index (κ3) is 65.7. The fourth-order valence-electron chi connectivity index (χ4n) is 20.2. The maximum absolute atomic E-state index is 9.30. The van der Waals surface area contributed by atoms with Gasteiger partial charge in [0.05, 0.1) is 16.8 Å². The highest BCUT2D eigenvalue weighted by atomic mass is 16.8. The lowest BCUT2D eigenvalue weighted by molar-refractivity contribution is -0.149. The van der Waals surface area contributed by atoms with E-state index in [0.717, 1.165) is 0 Å². The van der Waals surface area contributed by atoms with E-state index in [4.69, 9.17) is 0 Å². The van der Waals surface area contributed by atoms with Crippen LogP contribution in [0.5, 0.6) is 0 Å². The van der Waals surface area contributed by atoms with Crippen molar-refractivity contribution in [2.24, 2.45) is 17.8 Å². The van der Waals surface area contributed by atoms with Crippen molar-refractivity contribution in [3.05, 3.63) is 0 Å². The highest BCUT2D eigenvalue weighted by Gasteiger charge is 2.52. The van der Waals surface area contributed by atoms with E-state index in [1.54, 1.807) is 0 Å². The molecule has 0 radical (unpaired) electrons. The highest BCUT2D eigenvalue weighted by molar-refractivity contribution is 6.37. The molecule has 0 saturated carbocycles. The zero-order chi connectivity index (χ0) is 81.6. The summed E-state index contributed by atoms with van der Waals surface area (Å²) in [5.41, 5.74) is -0.869. The Morgan fingerprint density at radius 1 is 0.134 bits per heavy atom. The Balaban J connectivity index is 10.2. The van der Waals surface area contributed by atoms with Gasteiger partial charge < -0.3 is 14.0 Å². The van der Waals surface area contributed by atoms with Crippen LogP contribution in [0.25, 0.3) is 0 Å². The minimum absolute atomic E-state index is 0.290. The second-order valence-corrected chi connectivity index (χ2v) is 38.5. The molecule has 0 aliphatic rings. The molecule has 4 heteroatoms. The van der Waals surface area contributed by atoms with Crippen LogP contribution in [0.1, 0.15) is 661 Å². The van der Waals surface area contributed by atoms with E-state index in [1.807, 2.05) is 0 Å². The summed E-state index contributed by atoms with van der Waals surface area (Å²) in [6.45, 7) is 29.0. The second-order valence-electron chi connectivity index (χ2n) is 38.5. The number of hydrogen-bond donors (Lipinski definition) is 0. The van der Waals surface area contributed by atoms with Crippen LogP contribution in [-0.4, -0.2) is 24.1 Å². The first-order valence-electron chi connectivity index (χ1n) is 54.2. The van der Waals surface area contributed by atoms with Gasteiger partial charge in [0, 0.05) is 0 Å². The van der Waals surface area contributed by atoms with E-state index in [0.29, 0.717) is 17.8 Å². The Bertz CT molecular complexity index is 1490. The van der Waals surface area contributed by atoms with Gasteiger partial charge in [0.1, 0.15) is 0 Å². The molecule has 0 aromatic rings. The van der Waals surface area contributed by atoms with Crippen molar-refractivity contribution >= 4 is 7.32 Å². The Morgan fingerprint density at radius 3 is 0.348 bits per heavy atom. The van der Waals surface area contributed by atoms with Gasteiger partial charge in [0.2, 0.25) is 0 Å². The summed E-state index contributed by atoms with van der Waals surface area (Å²) in [4.78, 5) is 0. The van der Waals surface area contributed by atoms with Crippen molar-refractivity contribution in [2.75, 3.05) is 0 Å². The molecule has 0 aliphatic carbocycles. The monoisotopic (exact) mass is 1580 g/mol. The lowest BCUT2D eigenvalue weighted by atomic mass is 9.71. The van der Waals surface area contributed by atoms with Crippen LogP contribution in [-0.2, 0) is 14.0 Å². The average Bonchev–Trinajstić information content (AvgIpc) is 0.776. The van der Waals surface area contributed by atoms with Crippen molar-refractivity contribution < 1.29 is 14.0 Å². The molecule has 0 heterocycles. The highest BCUT2D eigenvalue weighted by Crippen LogP contribution is 2.49.